The van der Waals surface area contributed by atoms with Crippen molar-refractivity contribution in [2.24, 2.45) is 0 Å². The third kappa shape index (κ3) is 5.24. The van der Waals surface area contributed by atoms with Crippen LogP contribution in [0.2, 0.25) is 0 Å². The minimum atomic E-state index is -0.0122. The normalized spacial score (nSPS) is 10.5. The van der Waals surface area contributed by atoms with Gasteiger partial charge in [-0.05, 0) is 6.42 Å². The summed E-state index contributed by atoms with van der Waals surface area (Å²) in [5.74, 6) is 1.47. The number of aromatic amines is 2. The van der Waals surface area contributed by atoms with Crippen LogP contribution in [-0.2, 0) is 22.7 Å². The first kappa shape index (κ1) is 16.7. The molecule has 124 valence electrons. The molecule has 0 radical (unpaired) electrons. The molecular weight excluding hydrogens is 296 g/mol. The molecule has 8 nitrogen and oxygen atoms in total. The largest absolute Gasteiger partial charge is 0.347 e. The summed E-state index contributed by atoms with van der Waals surface area (Å²) >= 11 is 0. The van der Waals surface area contributed by atoms with Gasteiger partial charge in [-0.3, -0.25) is 9.59 Å². The molecule has 0 bridgehead atoms. The molecule has 0 saturated carbocycles. The maximum absolute atomic E-state index is 11.7. The van der Waals surface area contributed by atoms with Gasteiger partial charge in [-0.2, -0.15) is 0 Å². The molecule has 23 heavy (non-hydrogen) atoms. The van der Waals surface area contributed by atoms with Gasteiger partial charge in [0.05, 0.1) is 13.1 Å². The Morgan fingerprint density at radius 3 is 1.65 bits per heavy atom. The summed E-state index contributed by atoms with van der Waals surface area (Å²) in [7, 11) is 0. The van der Waals surface area contributed by atoms with Crippen molar-refractivity contribution in [3.8, 4) is 0 Å². The fraction of sp³-hybridized carbons (Fsp3) is 0.467. The van der Waals surface area contributed by atoms with E-state index in [1.165, 1.54) is 13.8 Å². The van der Waals surface area contributed by atoms with Gasteiger partial charge in [0.2, 0.25) is 11.8 Å². The fourth-order valence-electron chi connectivity index (χ4n) is 2.28. The zero-order valence-electron chi connectivity index (χ0n) is 13.5. The number of hydrogen-bond donors (Lipinski definition) is 2. The molecule has 2 amide bonds. The number of aromatic nitrogens is 4. The first-order chi connectivity index (χ1) is 11.1. The van der Waals surface area contributed by atoms with Crippen molar-refractivity contribution in [2.75, 3.05) is 13.1 Å². The summed E-state index contributed by atoms with van der Waals surface area (Å²) in [6.07, 6.45) is 7.48. The average molecular weight is 318 g/mol. The molecule has 2 aromatic heterocycles. The summed E-state index contributed by atoms with van der Waals surface area (Å²) in [6, 6.07) is 0. The van der Waals surface area contributed by atoms with Crippen LogP contribution in [0.1, 0.15) is 31.9 Å². The van der Waals surface area contributed by atoms with E-state index in [2.05, 4.69) is 19.9 Å². The second-order valence-corrected chi connectivity index (χ2v) is 5.31. The Hall–Kier alpha value is -2.64. The van der Waals surface area contributed by atoms with Crippen molar-refractivity contribution in [1.29, 1.82) is 0 Å². The van der Waals surface area contributed by atoms with Gasteiger partial charge in [0.15, 0.2) is 0 Å². The summed E-state index contributed by atoms with van der Waals surface area (Å²) in [5, 5.41) is 0. The van der Waals surface area contributed by atoms with Crippen molar-refractivity contribution in [3.05, 3.63) is 36.4 Å². The minimum Gasteiger partial charge on any atom is -0.347 e. The monoisotopic (exact) mass is 318 g/mol. The molecule has 0 unspecified atom stereocenters. The number of carbonyl (C=O) groups excluding carboxylic acids is 2. The molecule has 2 heterocycles. The van der Waals surface area contributed by atoms with Crippen LogP contribution < -0.4 is 0 Å². The molecule has 8 heteroatoms. The lowest BCUT2D eigenvalue weighted by Crippen LogP contribution is -2.34. The molecule has 2 rings (SSSR count). The lowest BCUT2D eigenvalue weighted by molar-refractivity contribution is -0.130. The highest BCUT2D eigenvalue weighted by atomic mass is 16.2. The van der Waals surface area contributed by atoms with Crippen LogP contribution in [0.25, 0.3) is 0 Å². The first-order valence-electron chi connectivity index (χ1n) is 7.54. The van der Waals surface area contributed by atoms with E-state index in [-0.39, 0.29) is 11.8 Å². The van der Waals surface area contributed by atoms with Gasteiger partial charge in [0, 0.05) is 51.7 Å². The minimum absolute atomic E-state index is 0.0122. The van der Waals surface area contributed by atoms with Crippen LogP contribution >= 0.6 is 0 Å². The number of hydrogen-bond acceptors (Lipinski definition) is 4. The van der Waals surface area contributed by atoms with E-state index in [0.29, 0.717) is 32.6 Å². The molecule has 0 fully saturated rings. The van der Waals surface area contributed by atoms with Gasteiger partial charge < -0.3 is 19.8 Å². The van der Waals surface area contributed by atoms with Crippen molar-refractivity contribution in [2.45, 2.75) is 33.4 Å². The highest BCUT2D eigenvalue weighted by Crippen LogP contribution is 2.04. The van der Waals surface area contributed by atoms with Crippen molar-refractivity contribution in [1.82, 2.24) is 29.7 Å². The highest BCUT2D eigenvalue weighted by Gasteiger charge is 2.14. The van der Waals surface area contributed by atoms with Crippen molar-refractivity contribution >= 4 is 11.8 Å². The maximum Gasteiger partial charge on any atom is 0.219 e. The number of amides is 2. The Kier molecular flexibility index (Phi) is 5.90. The lowest BCUT2D eigenvalue weighted by Gasteiger charge is -2.23. The van der Waals surface area contributed by atoms with E-state index < -0.39 is 0 Å². The Morgan fingerprint density at radius 2 is 1.35 bits per heavy atom. The topological polar surface area (TPSA) is 98.0 Å². The molecule has 2 aromatic rings. The van der Waals surface area contributed by atoms with Gasteiger partial charge in [0.25, 0.3) is 0 Å². The second kappa shape index (κ2) is 8.11. The van der Waals surface area contributed by atoms with Gasteiger partial charge in [-0.1, -0.05) is 0 Å². The summed E-state index contributed by atoms with van der Waals surface area (Å²) in [5.41, 5.74) is 0. The predicted molar refractivity (Wildman–Crippen MR) is 84.0 cm³/mol. The predicted octanol–water partition coefficient (Wildman–Crippen LogP) is 0.920. The van der Waals surface area contributed by atoms with E-state index in [4.69, 9.17) is 0 Å². The van der Waals surface area contributed by atoms with Crippen LogP contribution in [0.15, 0.2) is 24.8 Å². The molecule has 0 spiro atoms. The quantitative estimate of drug-likeness (QED) is 0.756. The zero-order chi connectivity index (χ0) is 16.7. The number of carbonyl (C=O) groups is 2. The Bertz CT molecular complexity index is 554. The van der Waals surface area contributed by atoms with Crippen molar-refractivity contribution < 1.29 is 9.59 Å². The number of nitrogens with zero attached hydrogens (tertiary/aromatic N) is 4. The summed E-state index contributed by atoms with van der Waals surface area (Å²) in [6.45, 7) is 5.10. The van der Waals surface area contributed by atoms with Gasteiger partial charge in [-0.15, -0.1) is 0 Å². The summed E-state index contributed by atoms with van der Waals surface area (Å²) in [4.78, 5) is 41.1. The summed E-state index contributed by atoms with van der Waals surface area (Å²) < 4.78 is 0. The van der Waals surface area contributed by atoms with Gasteiger partial charge in [-0.25, -0.2) is 9.97 Å². The van der Waals surface area contributed by atoms with Crippen molar-refractivity contribution in [3.63, 3.8) is 0 Å². The average Bonchev–Trinajstić information content (AvgIpc) is 3.18. The van der Waals surface area contributed by atoms with Crippen LogP contribution in [-0.4, -0.2) is 54.6 Å². The van der Waals surface area contributed by atoms with Crippen LogP contribution in [0.4, 0.5) is 0 Å². The number of nitrogens with one attached hydrogen (secondary N) is 2. The van der Waals surface area contributed by atoms with E-state index in [1.54, 1.807) is 34.6 Å². The molecular formula is C15H22N6O2. The lowest BCUT2D eigenvalue weighted by atomic mass is 10.3. The maximum atomic E-state index is 11.7. The van der Waals surface area contributed by atoms with Crippen LogP contribution in [0.5, 0.6) is 0 Å². The van der Waals surface area contributed by atoms with Crippen LogP contribution in [0, 0.1) is 0 Å². The molecule has 0 saturated heterocycles. The Morgan fingerprint density at radius 1 is 0.913 bits per heavy atom. The molecule has 0 atom stereocenters. The Balaban J connectivity index is 1.84. The van der Waals surface area contributed by atoms with Crippen LogP contribution in [0.3, 0.4) is 0 Å². The third-order valence-corrected chi connectivity index (χ3v) is 3.54. The zero-order valence-corrected chi connectivity index (χ0v) is 13.5. The van der Waals surface area contributed by atoms with E-state index >= 15 is 0 Å². The number of imidazole rings is 2. The SMILES string of the molecule is CC(=O)N(CCCN(Cc1ncc[nH]1)C(C)=O)Cc1ncc[nH]1. The van der Waals surface area contributed by atoms with E-state index in [1.807, 2.05) is 0 Å². The second-order valence-electron chi connectivity index (χ2n) is 5.31. The first-order valence-corrected chi connectivity index (χ1v) is 7.54. The Labute approximate surface area is 134 Å². The van der Waals surface area contributed by atoms with E-state index in [0.717, 1.165) is 11.6 Å². The van der Waals surface area contributed by atoms with Gasteiger partial charge in [0.1, 0.15) is 11.6 Å². The standard InChI is InChI=1S/C15H22N6O2/c1-12(22)20(10-14-16-4-5-17-14)8-3-9-21(13(2)23)11-15-18-6-7-19-15/h4-7H,3,8-11H2,1-2H3,(H,16,17)(H,18,19). The molecule has 2 N–H and O–H groups in total. The van der Waals surface area contributed by atoms with Gasteiger partial charge >= 0.3 is 0 Å². The smallest absolute Gasteiger partial charge is 0.219 e. The third-order valence-electron chi connectivity index (χ3n) is 3.54. The molecule has 0 aliphatic carbocycles. The molecule has 0 aliphatic heterocycles. The fourth-order valence-corrected chi connectivity index (χ4v) is 2.28. The molecule has 0 aromatic carbocycles. The molecule has 0 aliphatic rings. The number of H-pyrrole nitrogens is 2. The number of rotatable bonds is 8. The highest BCUT2D eigenvalue weighted by molar-refractivity contribution is 5.73. The van der Waals surface area contributed by atoms with E-state index in [9.17, 15) is 9.59 Å².